The molecular formula is C13H9Cl3N2O2. The van der Waals surface area contributed by atoms with Gasteiger partial charge in [0, 0.05) is 17.6 Å². The van der Waals surface area contributed by atoms with Crippen molar-refractivity contribution < 1.29 is 4.92 Å². The van der Waals surface area contributed by atoms with Crippen LogP contribution in [0.25, 0.3) is 0 Å². The summed E-state index contributed by atoms with van der Waals surface area (Å²) >= 11 is 17.5. The molecule has 4 nitrogen and oxygen atoms in total. The first-order chi connectivity index (χ1) is 9.47. The lowest BCUT2D eigenvalue weighted by molar-refractivity contribution is -0.383. The Balaban J connectivity index is 2.18. The standard InChI is InChI=1S/C13H9Cl3N2O2/c14-9-2-4-12(13(6-9)18(19)20)17-7-8-1-3-10(15)11(16)5-8/h1-6,17H,7H2. The van der Waals surface area contributed by atoms with Crippen molar-refractivity contribution in [3.05, 3.63) is 67.1 Å². The first-order valence-electron chi connectivity index (χ1n) is 5.59. The minimum Gasteiger partial charge on any atom is -0.375 e. The highest BCUT2D eigenvalue weighted by Gasteiger charge is 2.14. The van der Waals surface area contributed by atoms with Crippen molar-refractivity contribution in [2.45, 2.75) is 6.54 Å². The summed E-state index contributed by atoms with van der Waals surface area (Å²) in [4.78, 5) is 10.5. The largest absolute Gasteiger partial charge is 0.375 e. The van der Waals surface area contributed by atoms with Crippen molar-refractivity contribution in [3.8, 4) is 0 Å². The number of halogens is 3. The van der Waals surface area contributed by atoms with Gasteiger partial charge in [0.05, 0.1) is 15.0 Å². The predicted octanol–water partition coefficient (Wildman–Crippen LogP) is 5.17. The number of nitrogens with zero attached hydrogens (tertiary/aromatic N) is 1. The summed E-state index contributed by atoms with van der Waals surface area (Å²) in [6.07, 6.45) is 0. The molecule has 0 fully saturated rings. The maximum atomic E-state index is 11.0. The lowest BCUT2D eigenvalue weighted by Crippen LogP contribution is -2.02. The molecule has 1 N–H and O–H groups in total. The second-order valence-corrected chi connectivity index (χ2v) is 5.27. The third-order valence-electron chi connectivity index (χ3n) is 2.62. The smallest absolute Gasteiger partial charge is 0.293 e. The maximum absolute atomic E-state index is 11.0. The molecule has 2 aromatic rings. The van der Waals surface area contributed by atoms with Gasteiger partial charge in [-0.2, -0.15) is 0 Å². The number of anilines is 1. The highest BCUT2D eigenvalue weighted by Crippen LogP contribution is 2.29. The van der Waals surface area contributed by atoms with E-state index in [1.54, 1.807) is 30.3 Å². The summed E-state index contributed by atoms with van der Waals surface area (Å²) in [7, 11) is 0. The maximum Gasteiger partial charge on any atom is 0.293 e. The molecule has 0 amide bonds. The van der Waals surface area contributed by atoms with E-state index in [0.29, 0.717) is 27.3 Å². The average Bonchev–Trinajstić information content (AvgIpc) is 2.41. The van der Waals surface area contributed by atoms with Gasteiger partial charge in [0.1, 0.15) is 5.69 Å². The van der Waals surface area contributed by atoms with Gasteiger partial charge in [0.25, 0.3) is 5.69 Å². The van der Waals surface area contributed by atoms with Crippen LogP contribution in [0, 0.1) is 10.1 Å². The van der Waals surface area contributed by atoms with Crippen LogP contribution in [-0.4, -0.2) is 4.92 Å². The number of nitrogens with one attached hydrogen (secondary N) is 1. The fourth-order valence-corrected chi connectivity index (χ4v) is 2.14. The van der Waals surface area contributed by atoms with Crippen LogP contribution in [0.1, 0.15) is 5.56 Å². The number of hydrogen-bond donors (Lipinski definition) is 1. The lowest BCUT2D eigenvalue weighted by Gasteiger charge is -2.08. The molecule has 0 heterocycles. The SMILES string of the molecule is O=[N+]([O-])c1cc(Cl)ccc1NCc1ccc(Cl)c(Cl)c1. The van der Waals surface area contributed by atoms with E-state index in [-0.39, 0.29) is 5.69 Å². The minimum atomic E-state index is -0.483. The Bertz CT molecular complexity index is 662. The molecule has 0 bridgehead atoms. The summed E-state index contributed by atoms with van der Waals surface area (Å²) in [6, 6.07) is 9.64. The normalized spacial score (nSPS) is 10.3. The van der Waals surface area contributed by atoms with Crippen molar-refractivity contribution >= 4 is 46.2 Å². The third kappa shape index (κ3) is 3.54. The Morgan fingerprint density at radius 2 is 1.80 bits per heavy atom. The van der Waals surface area contributed by atoms with Crippen molar-refractivity contribution in [3.63, 3.8) is 0 Å². The molecule has 0 saturated heterocycles. The first kappa shape index (κ1) is 14.9. The fourth-order valence-electron chi connectivity index (χ4n) is 1.65. The zero-order valence-corrected chi connectivity index (χ0v) is 12.3. The van der Waals surface area contributed by atoms with Gasteiger partial charge in [0.15, 0.2) is 0 Å². The van der Waals surface area contributed by atoms with E-state index in [2.05, 4.69) is 5.32 Å². The lowest BCUT2D eigenvalue weighted by atomic mass is 10.2. The van der Waals surface area contributed by atoms with Crippen LogP contribution in [0.15, 0.2) is 36.4 Å². The van der Waals surface area contributed by atoms with E-state index in [1.807, 2.05) is 0 Å². The van der Waals surface area contributed by atoms with Gasteiger partial charge in [-0.3, -0.25) is 10.1 Å². The van der Waals surface area contributed by atoms with Crippen LogP contribution in [-0.2, 0) is 6.54 Å². The van der Waals surface area contributed by atoms with E-state index in [1.165, 1.54) is 6.07 Å². The number of nitro groups is 1. The highest BCUT2D eigenvalue weighted by atomic mass is 35.5. The molecule has 0 spiro atoms. The fraction of sp³-hybridized carbons (Fsp3) is 0.0769. The van der Waals surface area contributed by atoms with Gasteiger partial charge in [0.2, 0.25) is 0 Å². The second kappa shape index (κ2) is 6.31. The topological polar surface area (TPSA) is 55.2 Å². The summed E-state index contributed by atoms with van der Waals surface area (Å²) in [6.45, 7) is 0.388. The molecule has 2 aromatic carbocycles. The molecule has 0 atom stereocenters. The van der Waals surface area contributed by atoms with Crippen molar-refractivity contribution in [2.75, 3.05) is 5.32 Å². The summed E-state index contributed by atoms with van der Waals surface area (Å²) in [5.74, 6) is 0. The van der Waals surface area contributed by atoms with E-state index in [4.69, 9.17) is 34.8 Å². The number of nitro benzene ring substituents is 1. The molecule has 0 aliphatic carbocycles. The minimum absolute atomic E-state index is 0.0717. The zero-order valence-electron chi connectivity index (χ0n) is 10.1. The van der Waals surface area contributed by atoms with Gasteiger partial charge in [-0.25, -0.2) is 0 Å². The molecule has 0 radical (unpaired) electrons. The van der Waals surface area contributed by atoms with Gasteiger partial charge < -0.3 is 5.32 Å². The Hall–Kier alpha value is -1.49. The predicted molar refractivity (Wildman–Crippen MR) is 81.9 cm³/mol. The third-order valence-corrected chi connectivity index (χ3v) is 3.60. The number of rotatable bonds is 4. The van der Waals surface area contributed by atoms with Crippen molar-refractivity contribution in [2.24, 2.45) is 0 Å². The average molecular weight is 332 g/mol. The number of benzene rings is 2. The van der Waals surface area contributed by atoms with Crippen molar-refractivity contribution in [1.29, 1.82) is 0 Å². The van der Waals surface area contributed by atoms with Crippen LogP contribution < -0.4 is 5.32 Å². The molecule has 0 aromatic heterocycles. The van der Waals surface area contributed by atoms with Crippen LogP contribution in [0.3, 0.4) is 0 Å². The van der Waals surface area contributed by atoms with Crippen LogP contribution in [0.5, 0.6) is 0 Å². The molecular weight excluding hydrogens is 323 g/mol. The summed E-state index contributed by atoms with van der Waals surface area (Å²) < 4.78 is 0. The molecule has 104 valence electrons. The Labute approximate surface area is 130 Å². The quantitative estimate of drug-likeness (QED) is 0.621. The van der Waals surface area contributed by atoms with Crippen molar-refractivity contribution in [1.82, 2.24) is 0 Å². The summed E-state index contributed by atoms with van der Waals surface area (Å²) in [5, 5.41) is 15.2. The Morgan fingerprint density at radius 3 is 2.45 bits per heavy atom. The van der Waals surface area contributed by atoms with E-state index in [0.717, 1.165) is 5.56 Å². The summed E-state index contributed by atoms with van der Waals surface area (Å²) in [5.41, 5.74) is 1.19. The Morgan fingerprint density at radius 1 is 1.05 bits per heavy atom. The molecule has 2 rings (SSSR count). The van der Waals surface area contributed by atoms with Gasteiger partial charge in [-0.05, 0) is 29.8 Å². The molecule has 0 unspecified atom stereocenters. The molecule has 0 saturated carbocycles. The monoisotopic (exact) mass is 330 g/mol. The first-order valence-corrected chi connectivity index (χ1v) is 6.72. The van der Waals surface area contributed by atoms with Gasteiger partial charge >= 0.3 is 0 Å². The second-order valence-electron chi connectivity index (χ2n) is 4.02. The van der Waals surface area contributed by atoms with E-state index < -0.39 is 4.92 Å². The van der Waals surface area contributed by atoms with Crippen LogP contribution in [0.2, 0.25) is 15.1 Å². The highest BCUT2D eigenvalue weighted by molar-refractivity contribution is 6.42. The van der Waals surface area contributed by atoms with Gasteiger partial charge in [-0.15, -0.1) is 0 Å². The van der Waals surface area contributed by atoms with Gasteiger partial charge in [-0.1, -0.05) is 40.9 Å². The molecule has 0 aliphatic rings. The van der Waals surface area contributed by atoms with E-state index >= 15 is 0 Å². The Kier molecular flexibility index (Phi) is 4.70. The zero-order chi connectivity index (χ0) is 14.7. The van der Waals surface area contributed by atoms with Crippen LogP contribution >= 0.6 is 34.8 Å². The molecule has 20 heavy (non-hydrogen) atoms. The van der Waals surface area contributed by atoms with E-state index in [9.17, 15) is 10.1 Å². The van der Waals surface area contributed by atoms with Crippen LogP contribution in [0.4, 0.5) is 11.4 Å². The molecule has 0 aliphatic heterocycles. The molecule has 7 heteroatoms. The number of hydrogen-bond acceptors (Lipinski definition) is 3.